The maximum atomic E-state index is 12.2. The molecule has 0 spiro atoms. The van der Waals surface area contributed by atoms with Crippen LogP contribution in [0.4, 0.5) is 0 Å². The van der Waals surface area contributed by atoms with E-state index in [9.17, 15) is 9.90 Å². The highest BCUT2D eigenvalue weighted by molar-refractivity contribution is 14.1. The van der Waals surface area contributed by atoms with Crippen LogP contribution in [0.3, 0.4) is 0 Å². The van der Waals surface area contributed by atoms with Crippen LogP contribution >= 0.6 is 22.6 Å². The molecule has 0 saturated heterocycles. The predicted molar refractivity (Wildman–Crippen MR) is 77.2 cm³/mol. The molecule has 0 saturated carbocycles. The third-order valence-corrected chi connectivity index (χ3v) is 2.99. The Morgan fingerprint density at radius 2 is 2.29 bits per heavy atom. The number of hydrogen-bond donors (Lipinski definition) is 1. The fourth-order valence-corrected chi connectivity index (χ4v) is 2.04. The number of carbonyl (C=O) groups is 1. The van der Waals surface area contributed by atoms with Crippen LogP contribution in [0.25, 0.3) is 0 Å². The van der Waals surface area contributed by atoms with Crippen LogP contribution in [-0.4, -0.2) is 29.0 Å². The predicted octanol–water partition coefficient (Wildman–Crippen LogP) is 3.04. The monoisotopic (exact) mass is 345 g/mol. The number of aromatic hydroxyl groups is 1. The Labute approximate surface area is 115 Å². The lowest BCUT2D eigenvalue weighted by molar-refractivity contribution is 0.0771. The molecule has 0 aliphatic heterocycles. The summed E-state index contributed by atoms with van der Waals surface area (Å²) in [6, 6.07) is 5.02. The Morgan fingerprint density at radius 3 is 2.88 bits per heavy atom. The van der Waals surface area contributed by atoms with Crippen molar-refractivity contribution in [1.82, 2.24) is 4.90 Å². The minimum Gasteiger partial charge on any atom is -0.507 e. The third-order valence-electron chi connectivity index (χ3n) is 2.32. The van der Waals surface area contributed by atoms with Gasteiger partial charge in [0, 0.05) is 16.7 Å². The van der Waals surface area contributed by atoms with E-state index in [-0.39, 0.29) is 11.7 Å². The van der Waals surface area contributed by atoms with Gasteiger partial charge in [0.15, 0.2) is 0 Å². The van der Waals surface area contributed by atoms with Crippen molar-refractivity contribution in [2.24, 2.45) is 0 Å². The molecule has 92 valence electrons. The number of phenolic OH excluding ortho intramolecular Hbond substituents is 1. The molecule has 1 aromatic rings. The Morgan fingerprint density at radius 1 is 1.59 bits per heavy atom. The standard InChI is InChI=1S/C13H16INO2/c1-3-7-15(8-4-2)13(17)11-9-10(14)5-6-12(11)16/h3,5-6,9,16H,1,4,7-8H2,2H3. The fourth-order valence-electron chi connectivity index (χ4n) is 1.55. The van der Waals surface area contributed by atoms with Gasteiger partial charge in [-0.2, -0.15) is 0 Å². The Bertz CT molecular complexity index is 418. The second-order valence-corrected chi connectivity index (χ2v) is 4.95. The first-order valence-electron chi connectivity index (χ1n) is 5.48. The van der Waals surface area contributed by atoms with Gasteiger partial charge in [-0.05, 0) is 47.2 Å². The molecule has 0 fully saturated rings. The summed E-state index contributed by atoms with van der Waals surface area (Å²) in [5.41, 5.74) is 0.354. The average Bonchev–Trinajstić information content (AvgIpc) is 2.31. The number of nitrogens with zero attached hydrogens (tertiary/aromatic N) is 1. The summed E-state index contributed by atoms with van der Waals surface area (Å²) in [4.78, 5) is 13.9. The van der Waals surface area contributed by atoms with E-state index in [1.165, 1.54) is 0 Å². The van der Waals surface area contributed by atoms with E-state index in [1.54, 1.807) is 29.2 Å². The van der Waals surface area contributed by atoms with E-state index < -0.39 is 0 Å². The van der Waals surface area contributed by atoms with Crippen LogP contribution in [-0.2, 0) is 0 Å². The summed E-state index contributed by atoms with van der Waals surface area (Å²) in [5.74, 6) is -0.122. The minimum atomic E-state index is -0.150. The summed E-state index contributed by atoms with van der Waals surface area (Å²) < 4.78 is 0.929. The molecule has 0 heterocycles. The zero-order valence-corrected chi connectivity index (χ0v) is 12.0. The molecule has 0 radical (unpaired) electrons. The van der Waals surface area contributed by atoms with Gasteiger partial charge in [-0.1, -0.05) is 13.0 Å². The van der Waals surface area contributed by atoms with E-state index in [1.807, 2.05) is 6.92 Å². The zero-order chi connectivity index (χ0) is 12.8. The molecule has 1 N–H and O–H groups in total. The molecule has 1 amide bonds. The summed E-state index contributed by atoms with van der Waals surface area (Å²) in [7, 11) is 0. The lowest BCUT2D eigenvalue weighted by Crippen LogP contribution is -2.32. The van der Waals surface area contributed by atoms with Gasteiger partial charge in [-0.25, -0.2) is 0 Å². The lowest BCUT2D eigenvalue weighted by atomic mass is 10.1. The molecule has 0 unspecified atom stereocenters. The summed E-state index contributed by atoms with van der Waals surface area (Å²) >= 11 is 2.12. The van der Waals surface area contributed by atoms with Gasteiger partial charge in [0.2, 0.25) is 0 Å². The van der Waals surface area contributed by atoms with E-state index >= 15 is 0 Å². The Kier molecular flexibility index (Phi) is 5.47. The number of carbonyl (C=O) groups excluding carboxylic acids is 1. The van der Waals surface area contributed by atoms with Crippen molar-refractivity contribution in [3.63, 3.8) is 0 Å². The van der Waals surface area contributed by atoms with E-state index in [2.05, 4.69) is 29.2 Å². The van der Waals surface area contributed by atoms with Gasteiger partial charge < -0.3 is 10.0 Å². The van der Waals surface area contributed by atoms with Gasteiger partial charge in [-0.3, -0.25) is 4.79 Å². The van der Waals surface area contributed by atoms with Crippen LogP contribution < -0.4 is 0 Å². The van der Waals surface area contributed by atoms with Crippen molar-refractivity contribution in [2.45, 2.75) is 13.3 Å². The number of rotatable bonds is 5. The maximum Gasteiger partial charge on any atom is 0.257 e. The van der Waals surface area contributed by atoms with Gasteiger partial charge in [0.05, 0.1) is 5.56 Å². The zero-order valence-electron chi connectivity index (χ0n) is 9.82. The molecule has 3 nitrogen and oxygen atoms in total. The number of amides is 1. The van der Waals surface area contributed by atoms with Gasteiger partial charge >= 0.3 is 0 Å². The Hall–Kier alpha value is -1.04. The van der Waals surface area contributed by atoms with Crippen LogP contribution in [0.15, 0.2) is 30.9 Å². The van der Waals surface area contributed by atoms with Gasteiger partial charge in [-0.15, -0.1) is 6.58 Å². The van der Waals surface area contributed by atoms with Crippen molar-refractivity contribution < 1.29 is 9.90 Å². The first-order chi connectivity index (χ1) is 8.10. The molecule has 0 bridgehead atoms. The van der Waals surface area contributed by atoms with Gasteiger partial charge in [0.1, 0.15) is 5.75 Å². The van der Waals surface area contributed by atoms with Crippen molar-refractivity contribution in [3.8, 4) is 5.75 Å². The minimum absolute atomic E-state index is 0.0283. The number of benzene rings is 1. The molecule has 0 atom stereocenters. The highest BCUT2D eigenvalue weighted by Gasteiger charge is 2.17. The molecule has 0 aromatic heterocycles. The smallest absolute Gasteiger partial charge is 0.257 e. The molecule has 0 aliphatic rings. The van der Waals surface area contributed by atoms with Crippen molar-refractivity contribution >= 4 is 28.5 Å². The number of phenols is 1. The largest absolute Gasteiger partial charge is 0.507 e. The summed E-state index contributed by atoms with van der Waals surface area (Å²) in [5, 5.41) is 9.71. The van der Waals surface area contributed by atoms with Crippen molar-refractivity contribution in [2.75, 3.05) is 13.1 Å². The molecular weight excluding hydrogens is 329 g/mol. The summed E-state index contributed by atoms with van der Waals surface area (Å²) in [6.07, 6.45) is 2.57. The summed E-state index contributed by atoms with van der Waals surface area (Å²) in [6.45, 7) is 6.81. The van der Waals surface area contributed by atoms with Crippen molar-refractivity contribution in [1.29, 1.82) is 0 Å². The quantitative estimate of drug-likeness (QED) is 0.658. The molecule has 0 aliphatic carbocycles. The lowest BCUT2D eigenvalue weighted by Gasteiger charge is -2.20. The van der Waals surface area contributed by atoms with Crippen LogP contribution in [0.1, 0.15) is 23.7 Å². The third kappa shape index (κ3) is 3.73. The van der Waals surface area contributed by atoms with E-state index in [0.29, 0.717) is 18.7 Å². The number of hydrogen-bond acceptors (Lipinski definition) is 2. The van der Waals surface area contributed by atoms with Crippen LogP contribution in [0.2, 0.25) is 0 Å². The highest BCUT2D eigenvalue weighted by Crippen LogP contribution is 2.21. The maximum absolute atomic E-state index is 12.2. The van der Waals surface area contributed by atoms with Crippen molar-refractivity contribution in [3.05, 3.63) is 40.0 Å². The molecule has 4 heteroatoms. The van der Waals surface area contributed by atoms with E-state index in [0.717, 1.165) is 9.99 Å². The first-order valence-corrected chi connectivity index (χ1v) is 6.56. The molecule has 1 aromatic carbocycles. The number of halogens is 1. The topological polar surface area (TPSA) is 40.5 Å². The first kappa shape index (κ1) is 14.0. The van der Waals surface area contributed by atoms with Gasteiger partial charge in [0.25, 0.3) is 5.91 Å². The molecule has 1 rings (SSSR count). The SMILES string of the molecule is C=CCN(CCC)C(=O)c1cc(I)ccc1O. The second kappa shape index (κ2) is 6.64. The van der Waals surface area contributed by atoms with Crippen LogP contribution in [0, 0.1) is 3.57 Å². The highest BCUT2D eigenvalue weighted by atomic mass is 127. The average molecular weight is 345 g/mol. The van der Waals surface area contributed by atoms with Crippen LogP contribution in [0.5, 0.6) is 5.75 Å². The fraction of sp³-hybridized carbons (Fsp3) is 0.308. The normalized spacial score (nSPS) is 10.0. The molecule has 17 heavy (non-hydrogen) atoms. The van der Waals surface area contributed by atoms with E-state index in [4.69, 9.17) is 0 Å². The molecular formula is C13H16INO2. The second-order valence-electron chi connectivity index (χ2n) is 3.70. The Balaban J connectivity index is 2.99.